The van der Waals surface area contributed by atoms with Crippen LogP contribution in [0.25, 0.3) is 11.1 Å². The number of alkyl carbamates (subject to hydrolysis) is 1. The third kappa shape index (κ3) is 3.84. The normalized spacial score (nSPS) is 19.8. The van der Waals surface area contributed by atoms with Crippen LogP contribution in [0.5, 0.6) is 0 Å². The summed E-state index contributed by atoms with van der Waals surface area (Å²) < 4.78 is 7.26. The number of rotatable bonds is 5. The van der Waals surface area contributed by atoms with Gasteiger partial charge in [0.05, 0.1) is 12.2 Å². The molecule has 1 fully saturated rings. The number of carboxylic acids is 1. The summed E-state index contributed by atoms with van der Waals surface area (Å²) in [6.07, 6.45) is 4.19. The Morgan fingerprint density at radius 2 is 1.62 bits per heavy atom. The van der Waals surface area contributed by atoms with Crippen LogP contribution in [0.2, 0.25) is 0 Å². The number of hydrogen-bond donors (Lipinski definition) is 2. The van der Waals surface area contributed by atoms with Gasteiger partial charge in [-0.05, 0) is 47.9 Å². The number of carbonyl (C=O) groups is 2. The monoisotopic (exact) mass is 432 g/mol. The first-order chi connectivity index (χ1) is 15.6. The van der Waals surface area contributed by atoms with Crippen LogP contribution in [-0.2, 0) is 4.74 Å². The van der Waals surface area contributed by atoms with Crippen LogP contribution in [0.3, 0.4) is 0 Å². The molecule has 0 saturated heterocycles. The maximum Gasteiger partial charge on any atom is 0.407 e. The molecule has 0 bridgehead atoms. The van der Waals surface area contributed by atoms with Crippen molar-refractivity contribution in [1.82, 2.24) is 20.3 Å². The number of aromatic carboxylic acids is 1. The molecule has 2 aromatic carbocycles. The number of carboxylic acid groups (broad SMARTS) is 1. The standard InChI is InChI=1S/C24H24N4O4/c29-23(30)22-13-28(27-26-22)16-11-9-15(10-12-16)25-24(31)32-14-21-19-7-3-1-5-17(19)18-6-2-4-8-20(18)21/h1-8,13,15-16,21H,9-12,14H2,(H,25,31)(H,29,30). The Morgan fingerprint density at radius 3 is 2.22 bits per heavy atom. The van der Waals surface area contributed by atoms with Crippen LogP contribution in [-0.4, -0.2) is 44.8 Å². The number of aromatic nitrogens is 3. The summed E-state index contributed by atoms with van der Waals surface area (Å²) in [5.74, 6) is -1.04. The highest BCUT2D eigenvalue weighted by Gasteiger charge is 2.30. The van der Waals surface area contributed by atoms with E-state index in [1.165, 1.54) is 28.5 Å². The fourth-order valence-corrected chi connectivity index (χ4v) is 4.84. The maximum absolute atomic E-state index is 12.5. The van der Waals surface area contributed by atoms with E-state index in [0.717, 1.165) is 25.7 Å². The van der Waals surface area contributed by atoms with Gasteiger partial charge in [0.1, 0.15) is 6.61 Å². The molecule has 2 aliphatic rings. The molecular formula is C24H24N4O4. The second-order valence-corrected chi connectivity index (χ2v) is 8.36. The van der Waals surface area contributed by atoms with E-state index < -0.39 is 12.1 Å². The number of carbonyl (C=O) groups excluding carboxylic acids is 1. The first kappa shape index (κ1) is 20.2. The molecule has 0 aliphatic heterocycles. The van der Waals surface area contributed by atoms with Gasteiger partial charge in [-0.2, -0.15) is 0 Å². The smallest absolute Gasteiger partial charge is 0.407 e. The van der Waals surface area contributed by atoms with Crippen LogP contribution in [0.4, 0.5) is 4.79 Å². The molecule has 164 valence electrons. The Hall–Kier alpha value is -3.68. The lowest BCUT2D eigenvalue weighted by molar-refractivity contribution is 0.0690. The van der Waals surface area contributed by atoms with E-state index in [9.17, 15) is 9.59 Å². The number of hydrogen-bond acceptors (Lipinski definition) is 5. The highest BCUT2D eigenvalue weighted by molar-refractivity contribution is 5.84. The van der Waals surface area contributed by atoms with Gasteiger partial charge in [0.2, 0.25) is 0 Å². The predicted molar refractivity (Wildman–Crippen MR) is 116 cm³/mol. The molecule has 1 saturated carbocycles. The summed E-state index contributed by atoms with van der Waals surface area (Å²) >= 11 is 0. The lowest BCUT2D eigenvalue weighted by atomic mass is 9.91. The molecule has 0 unspecified atom stereocenters. The zero-order valence-electron chi connectivity index (χ0n) is 17.5. The Kier molecular flexibility index (Phi) is 5.34. The summed E-state index contributed by atoms with van der Waals surface area (Å²) in [7, 11) is 0. The molecule has 1 aromatic heterocycles. The van der Waals surface area contributed by atoms with Crippen molar-refractivity contribution in [3.05, 3.63) is 71.5 Å². The SMILES string of the molecule is O=C(NC1CCC(n2cc(C(=O)O)nn2)CC1)OCC1c2ccccc2-c2ccccc21. The van der Waals surface area contributed by atoms with Gasteiger partial charge < -0.3 is 15.2 Å². The van der Waals surface area contributed by atoms with E-state index in [1.54, 1.807) is 4.68 Å². The van der Waals surface area contributed by atoms with Crippen LogP contribution >= 0.6 is 0 Å². The zero-order chi connectivity index (χ0) is 22.1. The first-order valence-corrected chi connectivity index (χ1v) is 10.9. The van der Waals surface area contributed by atoms with Crippen LogP contribution in [0.1, 0.15) is 59.3 Å². The molecule has 2 aliphatic carbocycles. The van der Waals surface area contributed by atoms with E-state index >= 15 is 0 Å². The molecule has 1 heterocycles. The van der Waals surface area contributed by atoms with Crippen molar-refractivity contribution in [3.63, 3.8) is 0 Å². The third-order valence-electron chi connectivity index (χ3n) is 6.47. The highest BCUT2D eigenvalue weighted by Crippen LogP contribution is 2.44. The Balaban J connectivity index is 1.15. The zero-order valence-corrected chi connectivity index (χ0v) is 17.5. The lowest BCUT2D eigenvalue weighted by Gasteiger charge is -2.28. The quantitative estimate of drug-likeness (QED) is 0.631. The molecule has 8 nitrogen and oxygen atoms in total. The van der Waals surface area contributed by atoms with Crippen molar-refractivity contribution in [3.8, 4) is 11.1 Å². The number of nitrogens with one attached hydrogen (secondary N) is 1. The van der Waals surface area contributed by atoms with Gasteiger partial charge in [0, 0.05) is 12.0 Å². The highest BCUT2D eigenvalue weighted by atomic mass is 16.5. The Bertz CT molecular complexity index is 1100. The second kappa shape index (κ2) is 8.45. The van der Waals surface area contributed by atoms with E-state index in [4.69, 9.17) is 9.84 Å². The van der Waals surface area contributed by atoms with Crippen molar-refractivity contribution in [2.75, 3.05) is 6.61 Å². The van der Waals surface area contributed by atoms with Gasteiger partial charge in [0.15, 0.2) is 5.69 Å². The van der Waals surface area contributed by atoms with E-state index in [2.05, 4.69) is 39.9 Å². The molecule has 8 heteroatoms. The molecule has 0 radical (unpaired) electrons. The van der Waals surface area contributed by atoms with Gasteiger partial charge in [0.25, 0.3) is 0 Å². The van der Waals surface area contributed by atoms with Crippen molar-refractivity contribution in [2.45, 2.75) is 43.7 Å². The molecule has 2 N–H and O–H groups in total. The molecule has 1 amide bonds. The lowest BCUT2D eigenvalue weighted by Crippen LogP contribution is -2.38. The van der Waals surface area contributed by atoms with Gasteiger partial charge in [-0.25, -0.2) is 14.3 Å². The fraction of sp³-hybridized carbons (Fsp3) is 0.333. The molecule has 0 spiro atoms. The summed E-state index contributed by atoms with van der Waals surface area (Å²) in [6, 6.07) is 16.6. The minimum atomic E-state index is -1.08. The maximum atomic E-state index is 12.5. The van der Waals surface area contributed by atoms with Crippen LogP contribution < -0.4 is 5.32 Å². The molecule has 5 rings (SSSR count). The molecule has 3 aromatic rings. The average molecular weight is 432 g/mol. The van der Waals surface area contributed by atoms with Crippen molar-refractivity contribution in [2.24, 2.45) is 0 Å². The van der Waals surface area contributed by atoms with Crippen molar-refractivity contribution >= 4 is 12.1 Å². The number of amides is 1. The minimum absolute atomic E-state index is 0.0318. The van der Waals surface area contributed by atoms with Crippen molar-refractivity contribution < 1.29 is 19.4 Å². The largest absolute Gasteiger partial charge is 0.476 e. The second-order valence-electron chi connectivity index (χ2n) is 8.36. The molecular weight excluding hydrogens is 408 g/mol. The predicted octanol–water partition coefficient (Wildman–Crippen LogP) is 4.00. The number of benzene rings is 2. The fourth-order valence-electron chi connectivity index (χ4n) is 4.84. The van der Waals surface area contributed by atoms with Crippen LogP contribution in [0, 0.1) is 0 Å². The molecule has 0 atom stereocenters. The Morgan fingerprint density at radius 1 is 1.00 bits per heavy atom. The van der Waals surface area contributed by atoms with Crippen LogP contribution in [0.15, 0.2) is 54.7 Å². The number of fused-ring (bicyclic) bond motifs is 3. The van der Waals surface area contributed by atoms with E-state index in [0.29, 0.717) is 6.61 Å². The topological polar surface area (TPSA) is 106 Å². The van der Waals surface area contributed by atoms with Gasteiger partial charge in [-0.15, -0.1) is 5.10 Å². The summed E-state index contributed by atoms with van der Waals surface area (Å²) in [4.78, 5) is 23.5. The average Bonchev–Trinajstić information content (AvgIpc) is 3.42. The molecule has 32 heavy (non-hydrogen) atoms. The minimum Gasteiger partial charge on any atom is -0.476 e. The Labute approximate surface area is 185 Å². The summed E-state index contributed by atoms with van der Waals surface area (Å²) in [5.41, 5.74) is 4.74. The van der Waals surface area contributed by atoms with E-state index in [1.807, 2.05) is 24.3 Å². The third-order valence-corrected chi connectivity index (χ3v) is 6.47. The summed E-state index contributed by atoms with van der Waals surface area (Å²) in [5, 5.41) is 19.6. The number of ether oxygens (including phenoxy) is 1. The summed E-state index contributed by atoms with van der Waals surface area (Å²) in [6.45, 7) is 0.298. The van der Waals surface area contributed by atoms with E-state index in [-0.39, 0.29) is 23.7 Å². The van der Waals surface area contributed by atoms with Gasteiger partial charge in [-0.1, -0.05) is 53.7 Å². The van der Waals surface area contributed by atoms with Gasteiger partial charge in [-0.3, -0.25) is 0 Å². The first-order valence-electron chi connectivity index (χ1n) is 10.9. The van der Waals surface area contributed by atoms with Gasteiger partial charge >= 0.3 is 12.1 Å². The van der Waals surface area contributed by atoms with Crippen molar-refractivity contribution in [1.29, 1.82) is 0 Å². The number of nitrogens with zero attached hydrogens (tertiary/aromatic N) is 3.